The summed E-state index contributed by atoms with van der Waals surface area (Å²) in [5, 5.41) is 50.0. The van der Waals surface area contributed by atoms with Crippen molar-refractivity contribution in [1.29, 1.82) is 0 Å². The van der Waals surface area contributed by atoms with Crippen LogP contribution in [-0.4, -0.2) is 98.9 Å². The summed E-state index contributed by atoms with van der Waals surface area (Å²) in [5.41, 5.74) is 0. The molecule has 0 aromatic heterocycles. The molecule has 1 aliphatic carbocycles. The Hall–Kier alpha value is -1.44. The molecule has 0 heterocycles. The van der Waals surface area contributed by atoms with Crippen LogP contribution in [0.4, 0.5) is 0 Å². The van der Waals surface area contributed by atoms with Gasteiger partial charge in [0.25, 0.3) is 0 Å². The smallest absolute Gasteiger partial charge is 0.457 e. The standard InChI is InChI=1S/C41H75O12P/c1-3-5-7-9-11-13-15-17-19-21-23-25-27-29-31-50-32-34(33-51-54(48,49)53-41-39(46)37(44)36(43)38(45)40(41)47)52-35(42)30-28-26-24-22-20-18-16-14-12-10-8-6-4-2/h7,9,13-16,34,36-41,43-47H,3-6,8,10-12,17-33H2,1-2H3,(H,48,49)/b9-7-,15-13-,16-14-. The normalized spacial score (nSPS) is 23.8. The van der Waals surface area contributed by atoms with Gasteiger partial charge < -0.3 is 39.9 Å². The van der Waals surface area contributed by atoms with E-state index in [0.29, 0.717) is 13.0 Å². The minimum Gasteiger partial charge on any atom is -0.457 e. The molecule has 54 heavy (non-hydrogen) atoms. The summed E-state index contributed by atoms with van der Waals surface area (Å²) in [4.78, 5) is 23.0. The lowest BCUT2D eigenvalue weighted by Crippen LogP contribution is -2.64. The number of esters is 1. The Morgan fingerprint density at radius 1 is 0.593 bits per heavy atom. The van der Waals surface area contributed by atoms with Crippen LogP contribution in [0.2, 0.25) is 0 Å². The first kappa shape index (κ1) is 50.6. The van der Waals surface area contributed by atoms with E-state index < -0.39 is 63.1 Å². The number of hydrogen-bond acceptors (Lipinski definition) is 11. The monoisotopic (exact) mass is 790 g/mol. The fraction of sp³-hybridized carbons (Fsp3) is 0.829. The van der Waals surface area contributed by atoms with Gasteiger partial charge in [0.15, 0.2) is 0 Å². The molecule has 0 saturated heterocycles. The van der Waals surface area contributed by atoms with E-state index in [1.807, 2.05) is 0 Å². The number of hydrogen-bond donors (Lipinski definition) is 6. The summed E-state index contributed by atoms with van der Waals surface area (Å²) in [7, 11) is -5.02. The van der Waals surface area contributed by atoms with Crippen molar-refractivity contribution in [3.63, 3.8) is 0 Å². The Labute approximate surface area is 325 Å². The summed E-state index contributed by atoms with van der Waals surface area (Å²) >= 11 is 0. The molecule has 6 N–H and O–H groups in total. The number of unbranched alkanes of at least 4 members (excludes halogenated alkanes) is 16. The molecule has 0 radical (unpaired) electrons. The van der Waals surface area contributed by atoms with Gasteiger partial charge in [0, 0.05) is 13.0 Å². The van der Waals surface area contributed by atoms with Crippen LogP contribution in [0.3, 0.4) is 0 Å². The molecule has 12 nitrogen and oxygen atoms in total. The van der Waals surface area contributed by atoms with Crippen LogP contribution < -0.4 is 0 Å². The van der Waals surface area contributed by atoms with Crippen molar-refractivity contribution in [2.75, 3.05) is 19.8 Å². The number of phosphoric ester groups is 1. The van der Waals surface area contributed by atoms with Crippen molar-refractivity contribution in [3.8, 4) is 0 Å². The van der Waals surface area contributed by atoms with Crippen LogP contribution in [0.1, 0.15) is 155 Å². The highest BCUT2D eigenvalue weighted by Gasteiger charge is 2.51. The van der Waals surface area contributed by atoms with Crippen molar-refractivity contribution < 1.29 is 58.3 Å². The minimum atomic E-state index is -5.02. The second kappa shape index (κ2) is 32.6. The molecule has 6 atom stereocenters. The van der Waals surface area contributed by atoms with Crippen LogP contribution in [0.5, 0.6) is 0 Å². The van der Waals surface area contributed by atoms with Gasteiger partial charge in [0.1, 0.15) is 42.7 Å². The summed E-state index contributed by atoms with van der Waals surface area (Å²) in [6, 6.07) is 0. The van der Waals surface area contributed by atoms with Gasteiger partial charge in [-0.25, -0.2) is 4.57 Å². The van der Waals surface area contributed by atoms with Gasteiger partial charge in [0.2, 0.25) is 0 Å². The molecule has 1 aliphatic rings. The zero-order chi connectivity index (χ0) is 39.9. The van der Waals surface area contributed by atoms with E-state index in [1.165, 1.54) is 38.5 Å². The molecular formula is C41H75O12P. The Morgan fingerprint density at radius 2 is 1.07 bits per heavy atom. The van der Waals surface area contributed by atoms with Gasteiger partial charge in [-0.05, 0) is 64.2 Å². The lowest BCUT2D eigenvalue weighted by atomic mass is 9.85. The van der Waals surface area contributed by atoms with Crippen LogP contribution in [0.15, 0.2) is 36.5 Å². The molecule has 0 amide bonds. The first-order valence-electron chi connectivity index (χ1n) is 20.8. The molecule has 316 valence electrons. The van der Waals surface area contributed by atoms with Crippen LogP contribution in [0.25, 0.3) is 0 Å². The zero-order valence-corrected chi connectivity index (χ0v) is 34.2. The van der Waals surface area contributed by atoms with Crippen molar-refractivity contribution >= 4 is 13.8 Å². The van der Waals surface area contributed by atoms with E-state index in [-0.39, 0.29) is 13.0 Å². The summed E-state index contributed by atoms with van der Waals surface area (Å²) in [6.45, 7) is 4.12. The molecule has 0 spiro atoms. The van der Waals surface area contributed by atoms with Gasteiger partial charge in [-0.2, -0.15) is 0 Å². The molecule has 0 aromatic rings. The molecule has 1 saturated carbocycles. The number of aliphatic hydroxyl groups is 5. The van der Waals surface area contributed by atoms with E-state index in [2.05, 4.69) is 50.3 Å². The quantitative estimate of drug-likeness (QED) is 0.0163. The van der Waals surface area contributed by atoms with E-state index in [0.717, 1.165) is 89.9 Å². The SMILES string of the molecule is CCC/C=C\C/C=C\CCCCCCCCOCC(COP(=O)(O)OC1C(O)C(O)C(O)C(O)C1O)OC(=O)CCCCCCC/C=C\CCCCCC. The highest BCUT2D eigenvalue weighted by Crippen LogP contribution is 2.47. The average Bonchev–Trinajstić information content (AvgIpc) is 3.15. The molecule has 0 aromatic carbocycles. The zero-order valence-electron chi connectivity index (χ0n) is 33.3. The lowest BCUT2D eigenvalue weighted by molar-refractivity contribution is -0.220. The number of rotatable bonds is 34. The van der Waals surface area contributed by atoms with E-state index in [9.17, 15) is 39.8 Å². The van der Waals surface area contributed by atoms with Crippen LogP contribution in [-0.2, 0) is 27.9 Å². The second-order valence-corrected chi connectivity index (χ2v) is 15.9. The molecule has 6 unspecified atom stereocenters. The molecule has 1 rings (SSSR count). The number of carbonyl (C=O) groups is 1. The first-order valence-corrected chi connectivity index (χ1v) is 22.3. The topological polar surface area (TPSA) is 192 Å². The van der Waals surface area contributed by atoms with Crippen molar-refractivity contribution in [3.05, 3.63) is 36.5 Å². The fourth-order valence-corrected chi connectivity index (χ4v) is 7.06. The van der Waals surface area contributed by atoms with E-state index in [4.69, 9.17) is 18.5 Å². The third-order valence-electron chi connectivity index (χ3n) is 9.47. The van der Waals surface area contributed by atoms with Crippen LogP contribution >= 0.6 is 7.82 Å². The van der Waals surface area contributed by atoms with Crippen molar-refractivity contribution in [2.24, 2.45) is 0 Å². The number of ether oxygens (including phenoxy) is 2. The van der Waals surface area contributed by atoms with Crippen LogP contribution in [0, 0.1) is 0 Å². The largest absolute Gasteiger partial charge is 0.472 e. The predicted molar refractivity (Wildman–Crippen MR) is 212 cm³/mol. The Morgan fingerprint density at radius 3 is 1.65 bits per heavy atom. The second-order valence-electron chi connectivity index (χ2n) is 14.5. The third-order valence-corrected chi connectivity index (χ3v) is 10.5. The number of aliphatic hydroxyl groups excluding tert-OH is 5. The Kier molecular flexibility index (Phi) is 30.6. The highest BCUT2D eigenvalue weighted by atomic mass is 31.2. The van der Waals surface area contributed by atoms with E-state index in [1.54, 1.807) is 0 Å². The number of allylic oxidation sites excluding steroid dienone is 6. The van der Waals surface area contributed by atoms with E-state index >= 15 is 0 Å². The molecular weight excluding hydrogens is 715 g/mol. The molecule has 1 fully saturated rings. The highest BCUT2D eigenvalue weighted by molar-refractivity contribution is 7.47. The minimum absolute atomic E-state index is 0.0872. The molecule has 13 heteroatoms. The summed E-state index contributed by atoms with van der Waals surface area (Å²) < 4.78 is 34.0. The van der Waals surface area contributed by atoms with Gasteiger partial charge in [0.05, 0.1) is 13.2 Å². The molecule has 0 aliphatic heterocycles. The van der Waals surface area contributed by atoms with Gasteiger partial charge in [-0.1, -0.05) is 121 Å². The van der Waals surface area contributed by atoms with Gasteiger partial charge >= 0.3 is 13.8 Å². The van der Waals surface area contributed by atoms with Gasteiger partial charge in [-0.15, -0.1) is 0 Å². The Balaban J connectivity index is 2.46. The lowest BCUT2D eigenvalue weighted by Gasteiger charge is -2.41. The predicted octanol–water partition coefficient (Wildman–Crippen LogP) is 7.53. The maximum absolute atomic E-state index is 12.8. The average molecular weight is 791 g/mol. The third kappa shape index (κ3) is 24.9. The number of phosphoric acid groups is 1. The van der Waals surface area contributed by atoms with Crippen molar-refractivity contribution in [1.82, 2.24) is 0 Å². The number of carbonyl (C=O) groups excluding carboxylic acids is 1. The van der Waals surface area contributed by atoms with Gasteiger partial charge in [-0.3, -0.25) is 13.8 Å². The molecule has 0 bridgehead atoms. The summed E-state index contributed by atoms with van der Waals surface area (Å²) in [6.07, 6.45) is 23.6. The summed E-state index contributed by atoms with van der Waals surface area (Å²) in [5.74, 6) is -0.493. The maximum atomic E-state index is 12.8. The van der Waals surface area contributed by atoms with Crippen molar-refractivity contribution in [2.45, 2.75) is 198 Å². The maximum Gasteiger partial charge on any atom is 0.472 e. The fourth-order valence-electron chi connectivity index (χ4n) is 6.09. The first-order chi connectivity index (χ1) is 26.0. The Bertz CT molecular complexity index is 1040.